The number of nitrogens with one attached hydrogen (secondary N) is 1. The Hall–Kier alpha value is -1.99. The number of ketones is 2. The second-order valence-corrected chi connectivity index (χ2v) is 8.71. The molecule has 0 radical (unpaired) electrons. The average Bonchev–Trinajstić information content (AvgIpc) is 2.85. The van der Waals surface area contributed by atoms with E-state index in [2.05, 4.69) is 4.72 Å². The normalized spacial score (nSPS) is 19.0. The molecule has 0 unspecified atom stereocenters. The van der Waals surface area contributed by atoms with Gasteiger partial charge in [-0.15, -0.1) is 0 Å². The number of fused-ring (bicyclic) bond motifs is 1. The van der Waals surface area contributed by atoms with Crippen LogP contribution in [0.4, 0.5) is 0 Å². The van der Waals surface area contributed by atoms with E-state index in [0.29, 0.717) is 13.1 Å². The maximum Gasteiger partial charge on any atom is 0.246 e. The number of sulfonamides is 1. The number of nitrogens with zero attached hydrogens (tertiary/aromatic N) is 1. The van der Waals surface area contributed by atoms with E-state index in [1.54, 1.807) is 36.9 Å². The molecule has 0 saturated carbocycles. The number of carbonyl (C=O) groups excluding carboxylic acids is 2. The molecule has 0 spiro atoms. The first-order valence-electron chi connectivity index (χ1n) is 9.03. The maximum absolute atomic E-state index is 13.2. The number of rotatable bonds is 4. The fourth-order valence-corrected chi connectivity index (χ4v) is 5.11. The summed E-state index contributed by atoms with van der Waals surface area (Å²) >= 11 is 0. The van der Waals surface area contributed by atoms with Crippen LogP contribution in [0.5, 0.6) is 0 Å². The van der Waals surface area contributed by atoms with Crippen molar-refractivity contribution in [2.24, 2.45) is 0 Å². The number of allylic oxidation sites excluding steroid dienone is 2. The molecule has 1 heterocycles. The van der Waals surface area contributed by atoms with Crippen molar-refractivity contribution in [3.05, 3.63) is 46.0 Å². The summed E-state index contributed by atoms with van der Waals surface area (Å²) in [5.41, 5.74) is 0.462. The number of benzene rings is 1. The molecule has 1 fully saturated rings. The number of Topliss-reactive ketones (excluding diaryl/α,β-unsaturated/α-hetero) is 2. The minimum absolute atomic E-state index is 0.0312. The van der Waals surface area contributed by atoms with E-state index >= 15 is 0 Å². The molecule has 1 aromatic carbocycles. The molecule has 7 heteroatoms. The Morgan fingerprint density at radius 2 is 1.46 bits per heavy atom. The summed E-state index contributed by atoms with van der Waals surface area (Å²) in [5, 5.41) is 0. The van der Waals surface area contributed by atoms with E-state index in [1.165, 1.54) is 6.07 Å². The van der Waals surface area contributed by atoms with Crippen LogP contribution in [0.3, 0.4) is 0 Å². The topological polar surface area (TPSA) is 83.6 Å². The molecule has 140 valence electrons. The molecule has 0 amide bonds. The van der Waals surface area contributed by atoms with Crippen molar-refractivity contribution in [2.45, 2.75) is 45.6 Å². The van der Waals surface area contributed by atoms with Crippen molar-refractivity contribution in [2.75, 3.05) is 13.1 Å². The van der Waals surface area contributed by atoms with Crippen LogP contribution in [0, 0.1) is 0 Å². The number of hydrogen-bond acceptors (Lipinski definition) is 5. The van der Waals surface area contributed by atoms with Gasteiger partial charge in [-0.1, -0.05) is 37.1 Å². The van der Waals surface area contributed by atoms with Gasteiger partial charge in [-0.2, -0.15) is 0 Å². The van der Waals surface area contributed by atoms with E-state index in [9.17, 15) is 18.0 Å². The molecule has 1 aromatic rings. The minimum atomic E-state index is -4.10. The van der Waals surface area contributed by atoms with Crippen LogP contribution in [0.25, 0.3) is 0 Å². The summed E-state index contributed by atoms with van der Waals surface area (Å²) in [6, 6.07) is 6.06. The van der Waals surface area contributed by atoms with Crippen molar-refractivity contribution in [1.82, 2.24) is 9.62 Å². The Morgan fingerprint density at radius 1 is 0.923 bits per heavy atom. The van der Waals surface area contributed by atoms with Gasteiger partial charge in [-0.05, 0) is 26.7 Å². The highest BCUT2D eigenvalue weighted by Crippen LogP contribution is 2.32. The molecule has 1 N–H and O–H groups in total. The fraction of sp³-hybridized carbons (Fsp3) is 0.474. The third kappa shape index (κ3) is 3.46. The second-order valence-electron chi connectivity index (χ2n) is 7.06. The smallest absolute Gasteiger partial charge is 0.246 e. The average molecular weight is 376 g/mol. The van der Waals surface area contributed by atoms with Gasteiger partial charge in [0, 0.05) is 30.3 Å². The molecule has 3 rings (SSSR count). The zero-order chi connectivity index (χ0) is 18.9. The largest absolute Gasteiger partial charge is 0.367 e. The molecule has 0 bridgehead atoms. The van der Waals surface area contributed by atoms with Crippen LogP contribution in [-0.4, -0.2) is 44.0 Å². The number of hydrogen-bond donors (Lipinski definition) is 1. The van der Waals surface area contributed by atoms with E-state index in [4.69, 9.17) is 0 Å². The second kappa shape index (κ2) is 7.32. The molecular weight excluding hydrogens is 352 g/mol. The summed E-state index contributed by atoms with van der Waals surface area (Å²) in [7, 11) is -4.10. The Morgan fingerprint density at radius 3 is 2.00 bits per heavy atom. The third-order valence-corrected chi connectivity index (χ3v) is 6.33. The van der Waals surface area contributed by atoms with E-state index in [-0.39, 0.29) is 28.6 Å². The summed E-state index contributed by atoms with van der Waals surface area (Å²) in [5.74, 6) is -0.987. The highest BCUT2D eigenvalue weighted by molar-refractivity contribution is 7.94. The molecule has 0 atom stereocenters. The van der Waals surface area contributed by atoms with Gasteiger partial charge in [0.05, 0.1) is 0 Å². The van der Waals surface area contributed by atoms with Crippen molar-refractivity contribution in [3.63, 3.8) is 0 Å². The van der Waals surface area contributed by atoms with E-state index in [1.807, 2.05) is 0 Å². The van der Waals surface area contributed by atoms with Gasteiger partial charge in [-0.25, -0.2) is 13.1 Å². The lowest BCUT2D eigenvalue weighted by atomic mass is 9.91. The SMILES string of the molecule is CC(C)NS(=O)(=O)C1=C(N2CCCCCC2)C(=O)c2ccccc2C1=O. The van der Waals surface area contributed by atoms with Crippen LogP contribution >= 0.6 is 0 Å². The molecule has 0 aromatic heterocycles. The fourth-order valence-electron chi connectivity index (χ4n) is 3.54. The van der Waals surface area contributed by atoms with Crippen LogP contribution < -0.4 is 4.72 Å². The van der Waals surface area contributed by atoms with Crippen LogP contribution in [-0.2, 0) is 10.0 Å². The Labute approximate surface area is 154 Å². The molecule has 1 aliphatic heterocycles. The molecule has 1 aliphatic carbocycles. The standard InChI is InChI=1S/C19H24N2O4S/c1-13(2)20-26(24,25)19-16(21-11-7-3-4-8-12-21)17(22)14-9-5-6-10-15(14)18(19)23/h5-6,9-10,13,20H,3-4,7-8,11-12H2,1-2H3. The van der Waals surface area contributed by atoms with Gasteiger partial charge >= 0.3 is 0 Å². The van der Waals surface area contributed by atoms with Crippen LogP contribution in [0.2, 0.25) is 0 Å². The Kier molecular flexibility index (Phi) is 5.29. The van der Waals surface area contributed by atoms with Crippen LogP contribution in [0.1, 0.15) is 60.2 Å². The van der Waals surface area contributed by atoms with Crippen molar-refractivity contribution < 1.29 is 18.0 Å². The highest BCUT2D eigenvalue weighted by Gasteiger charge is 2.41. The van der Waals surface area contributed by atoms with Gasteiger partial charge in [-0.3, -0.25) is 9.59 Å². The van der Waals surface area contributed by atoms with Gasteiger partial charge in [0.15, 0.2) is 4.91 Å². The summed E-state index contributed by atoms with van der Waals surface area (Å²) in [6.07, 6.45) is 3.82. The monoisotopic (exact) mass is 376 g/mol. The lowest BCUT2D eigenvalue weighted by Gasteiger charge is -2.30. The van der Waals surface area contributed by atoms with Crippen molar-refractivity contribution in [1.29, 1.82) is 0 Å². The summed E-state index contributed by atoms with van der Waals surface area (Å²) in [6.45, 7) is 4.54. The van der Waals surface area contributed by atoms with Gasteiger partial charge < -0.3 is 4.90 Å². The molecular formula is C19H24N2O4S. The molecule has 1 saturated heterocycles. The zero-order valence-electron chi connectivity index (χ0n) is 15.1. The minimum Gasteiger partial charge on any atom is -0.367 e. The molecule has 6 nitrogen and oxygen atoms in total. The molecule has 2 aliphatic rings. The number of likely N-dealkylation sites (tertiary alicyclic amines) is 1. The van der Waals surface area contributed by atoms with E-state index < -0.39 is 20.7 Å². The Balaban J connectivity index is 2.21. The Bertz CT molecular complexity index is 863. The predicted octanol–water partition coefficient (Wildman–Crippen LogP) is 2.48. The number of carbonyl (C=O) groups is 2. The summed E-state index contributed by atoms with van der Waals surface area (Å²) < 4.78 is 28.3. The van der Waals surface area contributed by atoms with E-state index in [0.717, 1.165) is 25.7 Å². The van der Waals surface area contributed by atoms with Gasteiger partial charge in [0.2, 0.25) is 21.6 Å². The third-order valence-electron chi connectivity index (χ3n) is 4.63. The predicted molar refractivity (Wildman–Crippen MR) is 99.4 cm³/mol. The van der Waals surface area contributed by atoms with Crippen molar-refractivity contribution in [3.8, 4) is 0 Å². The van der Waals surface area contributed by atoms with Gasteiger partial charge in [0.25, 0.3) is 0 Å². The molecule has 26 heavy (non-hydrogen) atoms. The quantitative estimate of drug-likeness (QED) is 0.873. The lowest BCUT2D eigenvalue weighted by molar-refractivity contribution is 0.0947. The highest BCUT2D eigenvalue weighted by atomic mass is 32.2. The summed E-state index contributed by atoms with van der Waals surface area (Å²) in [4.78, 5) is 27.6. The van der Waals surface area contributed by atoms with Gasteiger partial charge in [0.1, 0.15) is 5.70 Å². The first-order valence-corrected chi connectivity index (χ1v) is 10.5. The first kappa shape index (κ1) is 18.8. The maximum atomic E-state index is 13.2. The van der Waals surface area contributed by atoms with Crippen LogP contribution in [0.15, 0.2) is 34.9 Å². The zero-order valence-corrected chi connectivity index (χ0v) is 15.9. The lowest BCUT2D eigenvalue weighted by Crippen LogP contribution is -2.41. The van der Waals surface area contributed by atoms with Crippen molar-refractivity contribution >= 4 is 21.6 Å². The first-order chi connectivity index (χ1) is 12.3.